The zero-order chi connectivity index (χ0) is 13.0. The predicted molar refractivity (Wildman–Crippen MR) is 67.8 cm³/mol. The molecule has 0 aliphatic heterocycles. The molecule has 0 atom stereocenters. The van der Waals surface area contributed by atoms with Crippen LogP contribution < -0.4 is 17.1 Å². The molecular weight excluding hydrogens is 252 g/mol. The van der Waals surface area contributed by atoms with Gasteiger partial charge in [0, 0.05) is 11.3 Å². The highest BCUT2D eigenvalue weighted by Crippen LogP contribution is 2.19. The molecule has 0 aliphatic rings. The number of amides is 1. The first kappa shape index (κ1) is 12.4. The standard InChI is InChI=1S/C10H12N6OS/c11-14-9(17)8-3-1-7(2-4-8)5-18-10-15-13-6-16(10)12/h1-4,6H,5,11-12H2,(H,14,17). The summed E-state index contributed by atoms with van der Waals surface area (Å²) in [4.78, 5) is 11.2. The lowest BCUT2D eigenvalue weighted by Crippen LogP contribution is -2.29. The van der Waals surface area contributed by atoms with Crippen LogP contribution in [0.1, 0.15) is 15.9 Å². The largest absolute Gasteiger partial charge is 0.336 e. The molecule has 0 bridgehead atoms. The van der Waals surface area contributed by atoms with Crippen LogP contribution in [0.3, 0.4) is 0 Å². The normalized spacial score (nSPS) is 10.3. The van der Waals surface area contributed by atoms with Crippen molar-refractivity contribution in [1.82, 2.24) is 20.3 Å². The summed E-state index contributed by atoms with van der Waals surface area (Å²) in [5.41, 5.74) is 3.65. The van der Waals surface area contributed by atoms with E-state index in [0.717, 1.165) is 5.56 Å². The van der Waals surface area contributed by atoms with E-state index in [-0.39, 0.29) is 5.91 Å². The fourth-order valence-corrected chi connectivity index (χ4v) is 2.11. The third kappa shape index (κ3) is 2.79. The Morgan fingerprint density at radius 3 is 2.67 bits per heavy atom. The maximum atomic E-state index is 11.2. The van der Waals surface area contributed by atoms with Gasteiger partial charge in [-0.2, -0.15) is 0 Å². The number of hydrogen-bond donors (Lipinski definition) is 3. The van der Waals surface area contributed by atoms with Crippen LogP contribution in [0.4, 0.5) is 0 Å². The molecule has 2 aromatic rings. The number of rotatable bonds is 4. The number of hydrazine groups is 1. The number of nitrogens with two attached hydrogens (primary N) is 2. The van der Waals surface area contributed by atoms with Crippen LogP contribution in [0.5, 0.6) is 0 Å². The Hall–Kier alpha value is -2.06. The number of benzene rings is 1. The summed E-state index contributed by atoms with van der Waals surface area (Å²) in [6.07, 6.45) is 1.44. The van der Waals surface area contributed by atoms with Gasteiger partial charge >= 0.3 is 0 Å². The fraction of sp³-hybridized carbons (Fsp3) is 0.100. The quantitative estimate of drug-likeness (QED) is 0.307. The molecule has 7 nitrogen and oxygen atoms in total. The Balaban J connectivity index is 1.98. The van der Waals surface area contributed by atoms with E-state index in [0.29, 0.717) is 16.5 Å². The number of nitrogens with one attached hydrogen (secondary N) is 1. The molecule has 1 aromatic carbocycles. The summed E-state index contributed by atoms with van der Waals surface area (Å²) in [5.74, 6) is 11.0. The Morgan fingerprint density at radius 2 is 2.11 bits per heavy atom. The molecule has 94 valence electrons. The van der Waals surface area contributed by atoms with Gasteiger partial charge in [-0.05, 0) is 17.7 Å². The zero-order valence-electron chi connectivity index (χ0n) is 9.41. The van der Waals surface area contributed by atoms with E-state index in [4.69, 9.17) is 11.7 Å². The van der Waals surface area contributed by atoms with E-state index in [1.54, 1.807) is 12.1 Å². The number of nitrogens with zero attached hydrogens (tertiary/aromatic N) is 3. The van der Waals surface area contributed by atoms with Crippen LogP contribution in [0.2, 0.25) is 0 Å². The van der Waals surface area contributed by atoms with E-state index in [1.165, 1.54) is 22.8 Å². The van der Waals surface area contributed by atoms with Crippen LogP contribution in [0.25, 0.3) is 0 Å². The van der Waals surface area contributed by atoms with E-state index in [9.17, 15) is 4.79 Å². The second kappa shape index (κ2) is 5.52. The maximum Gasteiger partial charge on any atom is 0.265 e. The highest BCUT2D eigenvalue weighted by molar-refractivity contribution is 7.98. The molecule has 5 N–H and O–H groups in total. The number of carbonyl (C=O) groups is 1. The first-order valence-corrected chi connectivity index (χ1v) is 6.07. The van der Waals surface area contributed by atoms with Crippen molar-refractivity contribution in [3.63, 3.8) is 0 Å². The lowest BCUT2D eigenvalue weighted by atomic mass is 10.1. The minimum atomic E-state index is -0.309. The predicted octanol–water partition coefficient (Wildman–Crippen LogP) is -0.112. The van der Waals surface area contributed by atoms with Gasteiger partial charge in [0.05, 0.1) is 0 Å². The molecule has 0 fully saturated rings. The lowest BCUT2D eigenvalue weighted by Gasteiger charge is -2.03. The van der Waals surface area contributed by atoms with E-state index < -0.39 is 0 Å². The van der Waals surface area contributed by atoms with Crippen LogP contribution >= 0.6 is 11.8 Å². The first-order valence-electron chi connectivity index (χ1n) is 5.08. The molecule has 0 aliphatic carbocycles. The SMILES string of the molecule is NNC(=O)c1ccc(CSc2nncn2N)cc1. The Bertz CT molecular complexity index is 538. The molecule has 8 heteroatoms. The van der Waals surface area contributed by atoms with Crippen LogP contribution in [-0.2, 0) is 5.75 Å². The van der Waals surface area contributed by atoms with Crippen molar-refractivity contribution < 1.29 is 4.79 Å². The van der Waals surface area contributed by atoms with Gasteiger partial charge in [0.1, 0.15) is 6.33 Å². The van der Waals surface area contributed by atoms with E-state index in [2.05, 4.69) is 15.6 Å². The monoisotopic (exact) mass is 264 g/mol. The van der Waals surface area contributed by atoms with Crippen molar-refractivity contribution in [2.75, 3.05) is 5.84 Å². The summed E-state index contributed by atoms with van der Waals surface area (Å²) < 4.78 is 1.36. The fourth-order valence-electron chi connectivity index (χ4n) is 1.32. The topological polar surface area (TPSA) is 112 Å². The lowest BCUT2D eigenvalue weighted by molar-refractivity contribution is 0.0953. The van der Waals surface area contributed by atoms with Crippen molar-refractivity contribution in [2.24, 2.45) is 5.84 Å². The number of hydrogen-bond acceptors (Lipinski definition) is 6. The second-order valence-corrected chi connectivity index (χ2v) is 4.42. The van der Waals surface area contributed by atoms with Gasteiger partial charge < -0.3 is 5.84 Å². The molecule has 0 saturated carbocycles. The van der Waals surface area contributed by atoms with Gasteiger partial charge in [0.2, 0.25) is 5.16 Å². The van der Waals surface area contributed by atoms with Crippen LogP contribution in [0, 0.1) is 0 Å². The first-order chi connectivity index (χ1) is 8.70. The van der Waals surface area contributed by atoms with Crippen molar-refractivity contribution in [3.05, 3.63) is 41.7 Å². The molecule has 0 saturated heterocycles. The van der Waals surface area contributed by atoms with Crippen LogP contribution in [0.15, 0.2) is 35.7 Å². The molecule has 18 heavy (non-hydrogen) atoms. The van der Waals surface area contributed by atoms with Crippen molar-refractivity contribution >= 4 is 17.7 Å². The van der Waals surface area contributed by atoms with Crippen LogP contribution in [-0.4, -0.2) is 20.8 Å². The summed E-state index contributed by atoms with van der Waals surface area (Å²) in [5, 5.41) is 8.18. The highest BCUT2D eigenvalue weighted by atomic mass is 32.2. The van der Waals surface area contributed by atoms with Gasteiger partial charge in [-0.25, -0.2) is 10.5 Å². The molecule has 1 aromatic heterocycles. The molecule has 0 radical (unpaired) electrons. The van der Waals surface area contributed by atoms with Gasteiger partial charge in [-0.3, -0.25) is 10.2 Å². The molecular formula is C10H12N6OS. The summed E-state index contributed by atoms with van der Waals surface area (Å²) in [6, 6.07) is 7.14. The Kier molecular flexibility index (Phi) is 3.80. The number of carbonyl (C=O) groups excluding carboxylic acids is 1. The summed E-state index contributed by atoms with van der Waals surface area (Å²) >= 11 is 1.47. The minimum Gasteiger partial charge on any atom is -0.336 e. The summed E-state index contributed by atoms with van der Waals surface area (Å²) in [6.45, 7) is 0. The molecule has 0 unspecified atom stereocenters. The van der Waals surface area contributed by atoms with Gasteiger partial charge in [0.25, 0.3) is 5.91 Å². The smallest absolute Gasteiger partial charge is 0.265 e. The van der Waals surface area contributed by atoms with Crippen molar-refractivity contribution in [1.29, 1.82) is 0 Å². The Morgan fingerprint density at radius 1 is 1.39 bits per heavy atom. The second-order valence-electron chi connectivity index (χ2n) is 3.48. The van der Waals surface area contributed by atoms with E-state index in [1.807, 2.05) is 12.1 Å². The third-order valence-electron chi connectivity index (χ3n) is 2.26. The average molecular weight is 264 g/mol. The molecule has 0 spiro atoms. The van der Waals surface area contributed by atoms with Gasteiger partial charge in [-0.1, -0.05) is 23.9 Å². The third-order valence-corrected chi connectivity index (χ3v) is 3.28. The number of thioether (sulfide) groups is 1. The van der Waals surface area contributed by atoms with Crippen molar-refractivity contribution in [2.45, 2.75) is 10.9 Å². The highest BCUT2D eigenvalue weighted by Gasteiger charge is 2.05. The molecule has 2 rings (SSSR count). The zero-order valence-corrected chi connectivity index (χ0v) is 10.2. The molecule has 1 heterocycles. The number of aromatic nitrogens is 3. The minimum absolute atomic E-state index is 0.309. The molecule has 1 amide bonds. The van der Waals surface area contributed by atoms with Crippen molar-refractivity contribution in [3.8, 4) is 0 Å². The van der Waals surface area contributed by atoms with E-state index >= 15 is 0 Å². The summed E-state index contributed by atoms with van der Waals surface area (Å²) in [7, 11) is 0. The number of nitrogen functional groups attached to an aromatic ring is 2. The average Bonchev–Trinajstić information content (AvgIpc) is 2.81. The van der Waals surface area contributed by atoms with Gasteiger partial charge in [0.15, 0.2) is 0 Å². The van der Waals surface area contributed by atoms with Gasteiger partial charge in [-0.15, -0.1) is 10.2 Å². The maximum absolute atomic E-state index is 11.2. The Labute approximate surface area is 107 Å².